The summed E-state index contributed by atoms with van der Waals surface area (Å²) in [4.78, 5) is 27.4. The Hall–Kier alpha value is -1.99. The van der Waals surface area contributed by atoms with Gasteiger partial charge in [-0.2, -0.15) is 0 Å². The molecule has 1 saturated carbocycles. The van der Waals surface area contributed by atoms with Crippen molar-refractivity contribution in [2.45, 2.75) is 31.8 Å². The van der Waals surface area contributed by atoms with Crippen LogP contribution in [0.2, 0.25) is 5.15 Å². The van der Waals surface area contributed by atoms with Crippen molar-refractivity contribution in [1.82, 2.24) is 20.2 Å². The lowest BCUT2D eigenvalue weighted by molar-refractivity contribution is 0.0546. The molecule has 8 heteroatoms. The first-order valence-electron chi connectivity index (χ1n) is 6.85. The number of aromatic amines is 2. The SMILES string of the molecule is CC(C)(O)[C@H]1C[C@@H]1c1cc(-c2c[nH]c(=O)[nH]c2=O)nnc1Cl. The van der Waals surface area contributed by atoms with Crippen molar-refractivity contribution < 1.29 is 5.11 Å². The number of nitrogens with zero attached hydrogens (tertiary/aromatic N) is 2. The second kappa shape index (κ2) is 5.03. The van der Waals surface area contributed by atoms with Crippen molar-refractivity contribution in [3.63, 3.8) is 0 Å². The molecule has 1 aliphatic rings. The highest BCUT2D eigenvalue weighted by molar-refractivity contribution is 6.30. The number of hydrogen-bond donors (Lipinski definition) is 3. The largest absolute Gasteiger partial charge is 0.390 e. The molecule has 1 fully saturated rings. The Morgan fingerprint density at radius 2 is 2.09 bits per heavy atom. The van der Waals surface area contributed by atoms with Crippen molar-refractivity contribution in [1.29, 1.82) is 0 Å². The van der Waals surface area contributed by atoms with Gasteiger partial charge in [-0.3, -0.25) is 9.78 Å². The van der Waals surface area contributed by atoms with Gasteiger partial charge in [0.1, 0.15) is 5.69 Å². The molecule has 0 aliphatic heterocycles. The minimum Gasteiger partial charge on any atom is -0.390 e. The predicted octanol–water partition coefficient (Wildman–Crippen LogP) is 1.05. The highest BCUT2D eigenvalue weighted by Crippen LogP contribution is 2.54. The predicted molar refractivity (Wildman–Crippen MR) is 80.9 cm³/mol. The normalized spacial score (nSPS) is 20.9. The van der Waals surface area contributed by atoms with Gasteiger partial charge in [0.2, 0.25) is 0 Å². The summed E-state index contributed by atoms with van der Waals surface area (Å²) in [6, 6.07) is 1.69. The van der Waals surface area contributed by atoms with E-state index in [1.54, 1.807) is 19.9 Å². The number of H-pyrrole nitrogens is 2. The first kappa shape index (κ1) is 14.9. The smallest absolute Gasteiger partial charge is 0.325 e. The van der Waals surface area contributed by atoms with E-state index in [1.165, 1.54) is 6.20 Å². The third kappa shape index (κ3) is 2.69. The first-order valence-corrected chi connectivity index (χ1v) is 7.23. The lowest BCUT2D eigenvalue weighted by Gasteiger charge is -2.17. The van der Waals surface area contributed by atoms with Gasteiger partial charge in [-0.05, 0) is 43.7 Å². The molecule has 0 unspecified atom stereocenters. The molecule has 2 aromatic rings. The fourth-order valence-corrected chi connectivity index (χ4v) is 2.93. The third-order valence-electron chi connectivity index (χ3n) is 3.97. The zero-order valence-corrected chi connectivity index (χ0v) is 12.8. The number of halogens is 1. The van der Waals surface area contributed by atoms with Crippen molar-refractivity contribution in [2.24, 2.45) is 5.92 Å². The summed E-state index contributed by atoms with van der Waals surface area (Å²) in [7, 11) is 0. The zero-order valence-electron chi connectivity index (χ0n) is 12.1. The van der Waals surface area contributed by atoms with Crippen LogP contribution in [0.15, 0.2) is 21.9 Å². The molecule has 7 nitrogen and oxygen atoms in total. The van der Waals surface area contributed by atoms with Crippen LogP contribution < -0.4 is 11.2 Å². The van der Waals surface area contributed by atoms with E-state index in [0.29, 0.717) is 5.69 Å². The fourth-order valence-electron chi connectivity index (χ4n) is 2.70. The molecule has 1 aliphatic carbocycles. The standard InChI is InChI=1S/C14H15ClN4O3/c1-14(2,22)9-3-6(9)7-4-10(18-19-11(7)15)8-5-16-13(21)17-12(8)20/h4-6,9,22H,3H2,1-2H3,(H2,16,17,20,21)/t6-,9+/m1/s1. The highest BCUT2D eigenvalue weighted by Gasteiger charge is 2.48. The van der Waals surface area contributed by atoms with Crippen LogP contribution in [0.25, 0.3) is 11.3 Å². The maximum Gasteiger partial charge on any atom is 0.325 e. The van der Waals surface area contributed by atoms with Crippen LogP contribution in [0, 0.1) is 5.92 Å². The summed E-state index contributed by atoms with van der Waals surface area (Å²) >= 11 is 6.10. The van der Waals surface area contributed by atoms with Gasteiger partial charge in [0.05, 0.1) is 11.2 Å². The van der Waals surface area contributed by atoms with Crippen LogP contribution in [0.5, 0.6) is 0 Å². The van der Waals surface area contributed by atoms with E-state index in [9.17, 15) is 14.7 Å². The molecule has 0 bridgehead atoms. The van der Waals surface area contributed by atoms with Crippen molar-refractivity contribution in [3.05, 3.63) is 43.8 Å². The molecular formula is C14H15ClN4O3. The quantitative estimate of drug-likeness (QED) is 0.782. The maximum absolute atomic E-state index is 11.8. The van der Waals surface area contributed by atoms with Gasteiger partial charge in [0.25, 0.3) is 5.56 Å². The fraction of sp³-hybridized carbons (Fsp3) is 0.429. The van der Waals surface area contributed by atoms with E-state index in [-0.39, 0.29) is 22.6 Å². The van der Waals surface area contributed by atoms with E-state index in [4.69, 9.17) is 11.6 Å². The number of aromatic nitrogens is 4. The molecule has 0 spiro atoms. The second-order valence-corrected chi connectivity index (χ2v) is 6.42. The summed E-state index contributed by atoms with van der Waals surface area (Å²) in [5, 5.41) is 18.1. The molecular weight excluding hydrogens is 308 g/mol. The Labute approximate surface area is 130 Å². The van der Waals surface area contributed by atoms with Crippen LogP contribution in [0.4, 0.5) is 0 Å². The zero-order chi connectivity index (χ0) is 16.1. The Balaban J connectivity index is 2.01. The minimum atomic E-state index is -0.799. The van der Waals surface area contributed by atoms with Crippen LogP contribution >= 0.6 is 11.6 Å². The molecule has 22 heavy (non-hydrogen) atoms. The topological polar surface area (TPSA) is 112 Å². The summed E-state index contributed by atoms with van der Waals surface area (Å²) in [6.07, 6.45) is 2.10. The van der Waals surface area contributed by atoms with Crippen molar-refractivity contribution in [2.75, 3.05) is 0 Å². The summed E-state index contributed by atoms with van der Waals surface area (Å²) in [5.74, 6) is 0.180. The first-order chi connectivity index (χ1) is 10.3. The van der Waals surface area contributed by atoms with E-state index >= 15 is 0 Å². The van der Waals surface area contributed by atoms with Crippen LogP contribution in [0.1, 0.15) is 31.7 Å². The second-order valence-electron chi connectivity index (χ2n) is 6.06. The van der Waals surface area contributed by atoms with E-state index in [0.717, 1.165) is 12.0 Å². The Bertz CT molecular complexity index is 837. The average molecular weight is 323 g/mol. The van der Waals surface area contributed by atoms with E-state index in [1.807, 2.05) is 0 Å². The van der Waals surface area contributed by atoms with Gasteiger partial charge < -0.3 is 10.1 Å². The van der Waals surface area contributed by atoms with Gasteiger partial charge >= 0.3 is 5.69 Å². The monoisotopic (exact) mass is 322 g/mol. The molecule has 0 aromatic carbocycles. The van der Waals surface area contributed by atoms with Gasteiger partial charge in [0, 0.05) is 6.20 Å². The molecule has 3 N–H and O–H groups in total. The van der Waals surface area contributed by atoms with Gasteiger partial charge in [-0.25, -0.2) is 4.79 Å². The Morgan fingerprint density at radius 3 is 2.68 bits per heavy atom. The van der Waals surface area contributed by atoms with Gasteiger partial charge in [-0.1, -0.05) is 11.6 Å². The average Bonchev–Trinajstić information content (AvgIpc) is 3.20. The summed E-state index contributed by atoms with van der Waals surface area (Å²) in [6.45, 7) is 3.52. The molecule has 2 heterocycles. The summed E-state index contributed by atoms with van der Waals surface area (Å²) in [5.41, 5.74) is -0.623. The van der Waals surface area contributed by atoms with Crippen molar-refractivity contribution >= 4 is 11.6 Å². The van der Waals surface area contributed by atoms with Crippen LogP contribution in [-0.4, -0.2) is 30.9 Å². The van der Waals surface area contributed by atoms with Crippen molar-refractivity contribution in [3.8, 4) is 11.3 Å². The van der Waals surface area contributed by atoms with Gasteiger partial charge in [0.15, 0.2) is 5.15 Å². The molecule has 2 aromatic heterocycles. The van der Waals surface area contributed by atoms with Crippen LogP contribution in [-0.2, 0) is 0 Å². The van der Waals surface area contributed by atoms with E-state index < -0.39 is 16.9 Å². The number of rotatable bonds is 3. The van der Waals surface area contributed by atoms with E-state index in [2.05, 4.69) is 20.2 Å². The molecule has 0 radical (unpaired) electrons. The van der Waals surface area contributed by atoms with Gasteiger partial charge in [-0.15, -0.1) is 10.2 Å². The molecule has 0 saturated heterocycles. The lowest BCUT2D eigenvalue weighted by atomic mass is 9.99. The lowest BCUT2D eigenvalue weighted by Crippen LogP contribution is -2.23. The molecule has 2 atom stereocenters. The Kier molecular flexibility index (Phi) is 3.41. The molecule has 0 amide bonds. The number of aliphatic hydroxyl groups is 1. The molecule has 116 valence electrons. The summed E-state index contributed by atoms with van der Waals surface area (Å²) < 4.78 is 0. The highest BCUT2D eigenvalue weighted by atomic mass is 35.5. The number of hydrogen-bond acceptors (Lipinski definition) is 5. The Morgan fingerprint density at radius 1 is 1.36 bits per heavy atom. The molecule has 3 rings (SSSR count). The maximum atomic E-state index is 11.8. The third-order valence-corrected chi connectivity index (χ3v) is 4.26. The minimum absolute atomic E-state index is 0.0867. The van der Waals surface area contributed by atoms with Crippen LogP contribution in [0.3, 0.4) is 0 Å². The number of nitrogens with one attached hydrogen (secondary N) is 2.